The molecule has 2 rings (SSSR count). The van der Waals surface area contributed by atoms with E-state index in [2.05, 4.69) is 5.32 Å². The number of halogens is 4. The highest BCUT2D eigenvalue weighted by Crippen LogP contribution is 2.36. The van der Waals surface area contributed by atoms with E-state index in [9.17, 15) is 13.2 Å². The highest BCUT2D eigenvalue weighted by Gasteiger charge is 2.43. The van der Waals surface area contributed by atoms with Gasteiger partial charge in [0, 0.05) is 13.1 Å². The van der Waals surface area contributed by atoms with Crippen molar-refractivity contribution in [3.63, 3.8) is 0 Å². The quantitative estimate of drug-likeness (QED) is 0.755. The van der Waals surface area contributed by atoms with E-state index < -0.39 is 12.7 Å². The number of hydrogen-bond acceptors (Lipinski definition) is 2. The Labute approximate surface area is 93.6 Å². The van der Waals surface area contributed by atoms with Crippen molar-refractivity contribution in [2.45, 2.75) is 19.0 Å². The fourth-order valence-corrected chi connectivity index (χ4v) is 2.56. The van der Waals surface area contributed by atoms with Crippen molar-refractivity contribution in [2.24, 2.45) is 5.41 Å². The molecule has 0 aromatic carbocycles. The Hall–Kier alpha value is -0.0000000000000000416. The second-order valence-electron chi connectivity index (χ2n) is 4.50. The molecule has 1 N–H and O–H groups in total. The van der Waals surface area contributed by atoms with Gasteiger partial charge in [0.1, 0.15) is 0 Å². The lowest BCUT2D eigenvalue weighted by molar-refractivity contribution is -0.144. The summed E-state index contributed by atoms with van der Waals surface area (Å²) in [4.78, 5) is 1.53. The lowest BCUT2D eigenvalue weighted by atomic mass is 9.87. The minimum atomic E-state index is -4.04. The molecule has 1 unspecified atom stereocenters. The molecular weight excluding hydrogens is 229 g/mol. The number of hydrogen-bond donors (Lipinski definition) is 1. The van der Waals surface area contributed by atoms with Crippen LogP contribution in [-0.2, 0) is 0 Å². The zero-order chi connectivity index (χ0) is 10.2. The predicted molar refractivity (Wildman–Crippen MR) is 54.3 cm³/mol. The molecule has 0 saturated carbocycles. The molecule has 2 heterocycles. The van der Waals surface area contributed by atoms with Gasteiger partial charge in [0.05, 0.1) is 6.54 Å². The van der Waals surface area contributed by atoms with Crippen LogP contribution in [0.4, 0.5) is 13.2 Å². The first kappa shape index (κ1) is 13.1. The molecule has 2 nitrogen and oxygen atoms in total. The van der Waals surface area contributed by atoms with Crippen molar-refractivity contribution in [3.8, 4) is 0 Å². The van der Waals surface area contributed by atoms with Gasteiger partial charge in [-0.05, 0) is 31.3 Å². The Morgan fingerprint density at radius 2 is 2.00 bits per heavy atom. The van der Waals surface area contributed by atoms with Crippen LogP contribution in [0.3, 0.4) is 0 Å². The first-order chi connectivity index (χ1) is 6.49. The fourth-order valence-electron chi connectivity index (χ4n) is 2.56. The molecule has 6 heteroatoms. The van der Waals surface area contributed by atoms with Crippen LogP contribution in [0.15, 0.2) is 0 Å². The van der Waals surface area contributed by atoms with Gasteiger partial charge in [0.25, 0.3) is 0 Å². The van der Waals surface area contributed by atoms with E-state index in [4.69, 9.17) is 0 Å². The van der Waals surface area contributed by atoms with Crippen LogP contribution in [0, 0.1) is 5.41 Å². The summed E-state index contributed by atoms with van der Waals surface area (Å²) in [6, 6.07) is 0. The molecule has 90 valence electrons. The molecule has 0 amide bonds. The summed E-state index contributed by atoms with van der Waals surface area (Å²) in [5.41, 5.74) is 0.144. The molecule has 1 spiro atoms. The molecule has 15 heavy (non-hydrogen) atoms. The smallest absolute Gasteiger partial charge is 0.316 e. The van der Waals surface area contributed by atoms with Crippen molar-refractivity contribution in [1.82, 2.24) is 10.2 Å². The topological polar surface area (TPSA) is 15.3 Å². The lowest BCUT2D eigenvalue weighted by Gasteiger charge is -2.23. The Morgan fingerprint density at radius 1 is 1.27 bits per heavy atom. The Bertz CT molecular complexity index is 214. The van der Waals surface area contributed by atoms with Gasteiger partial charge < -0.3 is 5.32 Å². The van der Waals surface area contributed by atoms with Crippen LogP contribution < -0.4 is 5.32 Å². The van der Waals surface area contributed by atoms with Crippen molar-refractivity contribution < 1.29 is 13.2 Å². The number of nitrogens with one attached hydrogen (secondary N) is 1. The van der Waals surface area contributed by atoms with Crippen LogP contribution in [-0.4, -0.2) is 43.8 Å². The van der Waals surface area contributed by atoms with Gasteiger partial charge in [-0.3, -0.25) is 4.90 Å². The van der Waals surface area contributed by atoms with Crippen LogP contribution >= 0.6 is 12.4 Å². The van der Waals surface area contributed by atoms with Gasteiger partial charge in [-0.15, -0.1) is 12.4 Å². The minimum Gasteiger partial charge on any atom is -0.316 e. The zero-order valence-corrected chi connectivity index (χ0v) is 9.26. The summed E-state index contributed by atoms with van der Waals surface area (Å²) in [5, 5.41) is 3.23. The Morgan fingerprint density at radius 3 is 2.53 bits per heavy atom. The van der Waals surface area contributed by atoms with Gasteiger partial charge in [-0.1, -0.05) is 0 Å². The maximum atomic E-state index is 12.1. The van der Waals surface area contributed by atoms with E-state index in [0.29, 0.717) is 13.1 Å². The Balaban J connectivity index is 0.00000112. The average Bonchev–Trinajstić information content (AvgIpc) is 2.60. The fraction of sp³-hybridized carbons (Fsp3) is 1.00. The highest BCUT2D eigenvalue weighted by molar-refractivity contribution is 5.85. The number of likely N-dealkylation sites (tertiary alicyclic amines) is 1. The second-order valence-corrected chi connectivity index (χ2v) is 4.50. The minimum absolute atomic E-state index is 0. The zero-order valence-electron chi connectivity index (χ0n) is 8.44. The normalized spacial score (nSPS) is 32.2. The van der Waals surface area contributed by atoms with Gasteiger partial charge in [-0.2, -0.15) is 13.2 Å². The summed E-state index contributed by atoms with van der Waals surface area (Å²) in [7, 11) is 0. The summed E-state index contributed by atoms with van der Waals surface area (Å²) < 4.78 is 36.4. The molecule has 0 bridgehead atoms. The third-order valence-electron chi connectivity index (χ3n) is 3.25. The second kappa shape index (κ2) is 4.47. The maximum absolute atomic E-state index is 12.1. The van der Waals surface area contributed by atoms with E-state index >= 15 is 0 Å². The predicted octanol–water partition coefficient (Wildman–Crippen LogP) is 1.66. The van der Waals surface area contributed by atoms with Crippen molar-refractivity contribution >= 4 is 12.4 Å². The number of nitrogens with zero attached hydrogens (tertiary/aromatic N) is 1. The van der Waals surface area contributed by atoms with Crippen molar-refractivity contribution in [1.29, 1.82) is 0 Å². The Kier molecular flexibility index (Phi) is 3.90. The number of alkyl halides is 3. The molecular formula is C9H16ClF3N2. The summed E-state index contributed by atoms with van der Waals surface area (Å²) in [5.74, 6) is 0. The molecule has 1 atom stereocenters. The van der Waals surface area contributed by atoms with E-state index in [-0.39, 0.29) is 17.8 Å². The molecule has 2 aliphatic rings. The first-order valence-corrected chi connectivity index (χ1v) is 4.99. The standard InChI is InChI=1S/C9H15F3N2.ClH/c10-9(11,12)7-14-4-2-8(6-14)1-3-13-5-8;/h13H,1-7H2;1H. The van der Waals surface area contributed by atoms with Gasteiger partial charge >= 0.3 is 6.18 Å². The van der Waals surface area contributed by atoms with Gasteiger partial charge in [-0.25, -0.2) is 0 Å². The monoisotopic (exact) mass is 244 g/mol. The summed E-state index contributed by atoms with van der Waals surface area (Å²) in [6.07, 6.45) is -2.10. The van der Waals surface area contributed by atoms with Crippen molar-refractivity contribution in [3.05, 3.63) is 0 Å². The van der Waals surface area contributed by atoms with Gasteiger partial charge in [0.15, 0.2) is 0 Å². The SMILES string of the molecule is Cl.FC(F)(F)CN1CCC2(CCNC2)C1. The van der Waals surface area contributed by atoms with E-state index in [0.717, 1.165) is 25.9 Å². The molecule has 2 saturated heterocycles. The van der Waals surface area contributed by atoms with Gasteiger partial charge in [0.2, 0.25) is 0 Å². The van der Waals surface area contributed by atoms with Crippen LogP contribution in [0.25, 0.3) is 0 Å². The lowest BCUT2D eigenvalue weighted by Crippen LogP contribution is -2.35. The van der Waals surface area contributed by atoms with E-state index in [1.807, 2.05) is 0 Å². The molecule has 0 aromatic rings. The largest absolute Gasteiger partial charge is 0.401 e. The van der Waals surface area contributed by atoms with Crippen LogP contribution in [0.1, 0.15) is 12.8 Å². The molecule has 0 aliphatic carbocycles. The molecule has 2 fully saturated rings. The van der Waals surface area contributed by atoms with E-state index in [1.165, 1.54) is 4.90 Å². The maximum Gasteiger partial charge on any atom is 0.401 e. The first-order valence-electron chi connectivity index (χ1n) is 4.99. The molecule has 0 radical (unpaired) electrons. The third kappa shape index (κ3) is 3.23. The molecule has 0 aromatic heterocycles. The van der Waals surface area contributed by atoms with E-state index in [1.54, 1.807) is 0 Å². The molecule has 2 aliphatic heterocycles. The van der Waals surface area contributed by atoms with Crippen LogP contribution in [0.5, 0.6) is 0 Å². The third-order valence-corrected chi connectivity index (χ3v) is 3.25. The average molecular weight is 245 g/mol. The highest BCUT2D eigenvalue weighted by atomic mass is 35.5. The summed E-state index contributed by atoms with van der Waals surface area (Å²) in [6.45, 7) is 2.32. The van der Waals surface area contributed by atoms with Crippen molar-refractivity contribution in [2.75, 3.05) is 32.7 Å². The van der Waals surface area contributed by atoms with Crippen LogP contribution in [0.2, 0.25) is 0 Å². The number of rotatable bonds is 1. The summed E-state index contributed by atoms with van der Waals surface area (Å²) >= 11 is 0.